The summed E-state index contributed by atoms with van der Waals surface area (Å²) in [6.45, 7) is 4.17. The van der Waals surface area contributed by atoms with E-state index in [1.807, 2.05) is 26.0 Å². The van der Waals surface area contributed by atoms with E-state index in [0.29, 0.717) is 29.3 Å². The summed E-state index contributed by atoms with van der Waals surface area (Å²) < 4.78 is 10.8. The van der Waals surface area contributed by atoms with Gasteiger partial charge in [-0.2, -0.15) is 0 Å². The number of ether oxygens (including phenoxy) is 2. The molecule has 0 radical (unpaired) electrons. The molecule has 2 aromatic carbocycles. The molecule has 0 bridgehead atoms. The minimum atomic E-state index is -0.323. The Hall–Kier alpha value is -3.02. The molecule has 2 rings (SSSR count). The Labute approximate surface area is 147 Å². The van der Waals surface area contributed by atoms with Gasteiger partial charge in [0.15, 0.2) is 18.1 Å². The Morgan fingerprint density at radius 2 is 1.88 bits per heavy atom. The van der Waals surface area contributed by atoms with Gasteiger partial charge in [-0.3, -0.25) is 9.59 Å². The van der Waals surface area contributed by atoms with E-state index in [0.717, 1.165) is 5.56 Å². The van der Waals surface area contributed by atoms with Crippen molar-refractivity contribution in [2.24, 2.45) is 0 Å². The summed E-state index contributed by atoms with van der Waals surface area (Å²) in [5.74, 6) is 0.570. The molecule has 0 aliphatic rings. The molecule has 6 heteroatoms. The third-order valence-corrected chi connectivity index (χ3v) is 3.42. The van der Waals surface area contributed by atoms with Gasteiger partial charge in [-0.25, -0.2) is 0 Å². The minimum Gasteiger partial charge on any atom is -0.493 e. The molecule has 0 saturated carbocycles. The fraction of sp³-hybridized carbons (Fsp3) is 0.263. The van der Waals surface area contributed by atoms with Crippen LogP contribution in [0.25, 0.3) is 0 Å². The first-order valence-electron chi connectivity index (χ1n) is 7.99. The predicted octanol–water partition coefficient (Wildman–Crippen LogP) is 2.77. The Morgan fingerprint density at radius 3 is 2.60 bits per heavy atom. The number of amides is 2. The Kier molecular flexibility index (Phi) is 6.39. The summed E-state index contributed by atoms with van der Waals surface area (Å²) in [5.41, 5.74) is 2.06. The summed E-state index contributed by atoms with van der Waals surface area (Å²) in [7, 11) is 1.55. The minimum absolute atomic E-state index is 0.162. The van der Waals surface area contributed by atoms with Crippen LogP contribution >= 0.6 is 0 Å². The second kappa shape index (κ2) is 8.73. The maximum atomic E-state index is 12.1. The molecule has 25 heavy (non-hydrogen) atoms. The Morgan fingerprint density at radius 1 is 1.08 bits per heavy atom. The van der Waals surface area contributed by atoms with Crippen LogP contribution in [0, 0.1) is 6.92 Å². The molecule has 0 heterocycles. The number of benzene rings is 2. The van der Waals surface area contributed by atoms with E-state index >= 15 is 0 Å². The van der Waals surface area contributed by atoms with Crippen LogP contribution in [0.5, 0.6) is 11.5 Å². The number of aryl methyl sites for hydroxylation is 1. The highest BCUT2D eigenvalue weighted by molar-refractivity contribution is 5.97. The van der Waals surface area contributed by atoms with Crippen molar-refractivity contribution in [2.45, 2.75) is 13.8 Å². The van der Waals surface area contributed by atoms with Crippen LogP contribution in [0.1, 0.15) is 22.8 Å². The third kappa shape index (κ3) is 5.24. The quantitative estimate of drug-likeness (QED) is 0.811. The van der Waals surface area contributed by atoms with Crippen LogP contribution in [0.2, 0.25) is 0 Å². The second-order valence-electron chi connectivity index (χ2n) is 5.43. The molecule has 0 aliphatic carbocycles. The molecule has 0 aliphatic heterocycles. The summed E-state index contributed by atoms with van der Waals surface area (Å²) in [6, 6.07) is 12.2. The van der Waals surface area contributed by atoms with E-state index in [-0.39, 0.29) is 18.4 Å². The molecule has 0 saturated heterocycles. The molecule has 6 nitrogen and oxygen atoms in total. The van der Waals surface area contributed by atoms with Crippen LogP contribution in [0.15, 0.2) is 42.5 Å². The highest BCUT2D eigenvalue weighted by atomic mass is 16.5. The smallest absolute Gasteiger partial charge is 0.262 e. The van der Waals surface area contributed by atoms with E-state index in [2.05, 4.69) is 10.6 Å². The van der Waals surface area contributed by atoms with E-state index in [1.54, 1.807) is 37.4 Å². The van der Waals surface area contributed by atoms with Crippen LogP contribution in [0.4, 0.5) is 5.69 Å². The van der Waals surface area contributed by atoms with Crippen LogP contribution < -0.4 is 20.1 Å². The average Bonchev–Trinajstić information content (AvgIpc) is 2.61. The molecular formula is C19H22N2O4. The molecule has 2 aromatic rings. The first kappa shape index (κ1) is 18.3. The summed E-state index contributed by atoms with van der Waals surface area (Å²) in [6.07, 6.45) is 0. The highest BCUT2D eigenvalue weighted by Gasteiger charge is 2.10. The topological polar surface area (TPSA) is 76.7 Å². The van der Waals surface area contributed by atoms with Crippen molar-refractivity contribution in [3.05, 3.63) is 53.6 Å². The molecular weight excluding hydrogens is 320 g/mol. The van der Waals surface area contributed by atoms with E-state index in [9.17, 15) is 9.59 Å². The van der Waals surface area contributed by atoms with Gasteiger partial charge in [-0.15, -0.1) is 0 Å². The number of carbonyl (C=O) groups is 2. The number of methoxy groups -OCH3 is 1. The molecule has 0 spiro atoms. The van der Waals surface area contributed by atoms with Gasteiger partial charge in [0.25, 0.3) is 11.8 Å². The normalized spacial score (nSPS) is 10.0. The van der Waals surface area contributed by atoms with Crippen LogP contribution in [-0.4, -0.2) is 32.1 Å². The first-order chi connectivity index (χ1) is 12.0. The molecule has 0 atom stereocenters. The monoisotopic (exact) mass is 342 g/mol. The molecule has 2 amide bonds. The second-order valence-corrected chi connectivity index (χ2v) is 5.43. The molecule has 2 N–H and O–H groups in total. The number of rotatable bonds is 7. The summed E-state index contributed by atoms with van der Waals surface area (Å²) >= 11 is 0. The zero-order valence-electron chi connectivity index (χ0n) is 14.6. The third-order valence-electron chi connectivity index (χ3n) is 3.42. The van der Waals surface area contributed by atoms with Crippen molar-refractivity contribution in [1.29, 1.82) is 0 Å². The number of carbonyl (C=O) groups excluding carboxylic acids is 2. The molecule has 0 aromatic heterocycles. The lowest BCUT2D eigenvalue weighted by Gasteiger charge is -2.12. The van der Waals surface area contributed by atoms with Crippen molar-refractivity contribution < 1.29 is 19.1 Å². The zero-order valence-corrected chi connectivity index (χ0v) is 14.6. The van der Waals surface area contributed by atoms with Gasteiger partial charge in [0.1, 0.15) is 0 Å². The van der Waals surface area contributed by atoms with Gasteiger partial charge >= 0.3 is 0 Å². The van der Waals surface area contributed by atoms with Gasteiger partial charge in [-0.1, -0.05) is 12.1 Å². The predicted molar refractivity (Wildman–Crippen MR) is 96.3 cm³/mol. The lowest BCUT2D eigenvalue weighted by atomic mass is 10.2. The Balaban J connectivity index is 1.97. The van der Waals surface area contributed by atoms with Gasteiger partial charge in [-0.05, 0) is 49.7 Å². The molecule has 0 unspecified atom stereocenters. The number of nitrogens with one attached hydrogen (secondary N) is 2. The van der Waals surface area contributed by atoms with Crippen LogP contribution in [-0.2, 0) is 4.79 Å². The maximum Gasteiger partial charge on any atom is 0.262 e. The van der Waals surface area contributed by atoms with Crippen molar-refractivity contribution in [3.8, 4) is 11.5 Å². The molecule has 132 valence electrons. The van der Waals surface area contributed by atoms with Gasteiger partial charge in [0.05, 0.1) is 7.11 Å². The number of hydrogen-bond donors (Lipinski definition) is 2. The van der Waals surface area contributed by atoms with Gasteiger partial charge in [0.2, 0.25) is 0 Å². The fourth-order valence-corrected chi connectivity index (χ4v) is 2.24. The lowest BCUT2D eigenvalue weighted by Crippen LogP contribution is -2.23. The van der Waals surface area contributed by atoms with Crippen molar-refractivity contribution in [1.82, 2.24) is 5.32 Å². The summed E-state index contributed by atoms with van der Waals surface area (Å²) in [4.78, 5) is 23.9. The van der Waals surface area contributed by atoms with E-state index < -0.39 is 0 Å². The van der Waals surface area contributed by atoms with Gasteiger partial charge < -0.3 is 20.1 Å². The fourth-order valence-electron chi connectivity index (χ4n) is 2.24. The van der Waals surface area contributed by atoms with Gasteiger partial charge in [0, 0.05) is 17.8 Å². The maximum absolute atomic E-state index is 12.1. The first-order valence-corrected chi connectivity index (χ1v) is 7.99. The summed E-state index contributed by atoms with van der Waals surface area (Å²) in [5, 5.41) is 5.43. The average molecular weight is 342 g/mol. The number of hydrogen-bond acceptors (Lipinski definition) is 4. The number of anilines is 1. The van der Waals surface area contributed by atoms with E-state index in [1.165, 1.54) is 0 Å². The van der Waals surface area contributed by atoms with Crippen LogP contribution in [0.3, 0.4) is 0 Å². The Bertz CT molecular complexity index is 759. The highest BCUT2D eigenvalue weighted by Crippen LogP contribution is 2.27. The van der Waals surface area contributed by atoms with E-state index in [4.69, 9.17) is 9.47 Å². The lowest BCUT2D eigenvalue weighted by molar-refractivity contribution is -0.118. The SMILES string of the molecule is CCNC(=O)c1cccc(NC(=O)COc2ccc(C)cc2OC)c1. The zero-order chi connectivity index (χ0) is 18.2. The molecule has 0 fully saturated rings. The van der Waals surface area contributed by atoms with Crippen molar-refractivity contribution in [3.63, 3.8) is 0 Å². The van der Waals surface area contributed by atoms with Crippen molar-refractivity contribution in [2.75, 3.05) is 25.6 Å². The van der Waals surface area contributed by atoms with Crippen molar-refractivity contribution >= 4 is 17.5 Å². The largest absolute Gasteiger partial charge is 0.493 e. The standard InChI is InChI=1S/C19H22N2O4/c1-4-20-19(23)14-6-5-7-15(11-14)21-18(22)12-25-16-9-8-13(2)10-17(16)24-3/h5-11H,4,12H2,1-3H3,(H,20,23)(H,21,22).